The number of benzene rings is 1. The number of fused-ring (bicyclic) bond motifs is 1. The molecular weight excluding hydrogens is 292 g/mol. The molecular formula is C15H19ClN2O3. The molecule has 2 amide bonds. The zero-order valence-corrected chi connectivity index (χ0v) is 13.4. The molecule has 1 aromatic carbocycles. The molecule has 0 aliphatic carbocycles. The first-order valence-electron chi connectivity index (χ1n) is 6.73. The predicted octanol–water partition coefficient (Wildman–Crippen LogP) is 2.32. The van der Waals surface area contributed by atoms with Crippen LogP contribution in [0.2, 0.25) is 5.02 Å². The summed E-state index contributed by atoms with van der Waals surface area (Å²) >= 11 is 6.01. The quantitative estimate of drug-likeness (QED) is 0.861. The molecule has 6 heteroatoms. The first-order valence-corrected chi connectivity index (χ1v) is 7.11. The summed E-state index contributed by atoms with van der Waals surface area (Å²) in [7, 11) is 3.39. The first-order chi connectivity index (χ1) is 9.72. The summed E-state index contributed by atoms with van der Waals surface area (Å²) in [6, 6.07) is 5.15. The van der Waals surface area contributed by atoms with Gasteiger partial charge in [0.05, 0.1) is 5.69 Å². The Bertz CT molecular complexity index is 584. The molecule has 5 nitrogen and oxygen atoms in total. The normalized spacial score (nSPS) is 16.2. The van der Waals surface area contributed by atoms with Crippen molar-refractivity contribution < 1.29 is 14.3 Å². The highest BCUT2D eigenvalue weighted by Crippen LogP contribution is 2.39. The smallest absolute Gasteiger partial charge is 0.270 e. The number of nitrogens with zero attached hydrogens (tertiary/aromatic N) is 2. The fourth-order valence-electron chi connectivity index (χ4n) is 2.19. The zero-order valence-electron chi connectivity index (χ0n) is 12.6. The SMILES string of the molecule is CN(C)C(=O)CCN1C(=O)C(C)(C)Oc2ccc(Cl)cc21. The average Bonchev–Trinajstić information content (AvgIpc) is 2.39. The molecule has 0 atom stereocenters. The van der Waals surface area contributed by atoms with Crippen molar-refractivity contribution >= 4 is 29.1 Å². The molecule has 0 radical (unpaired) electrons. The predicted molar refractivity (Wildman–Crippen MR) is 81.8 cm³/mol. The van der Waals surface area contributed by atoms with Crippen LogP contribution in [0, 0.1) is 0 Å². The molecule has 0 unspecified atom stereocenters. The third kappa shape index (κ3) is 3.13. The van der Waals surface area contributed by atoms with Gasteiger partial charge in [-0.25, -0.2) is 0 Å². The number of amides is 2. The molecule has 2 rings (SSSR count). The molecule has 1 aliphatic rings. The van der Waals surface area contributed by atoms with Crippen LogP contribution in [0.5, 0.6) is 5.75 Å². The summed E-state index contributed by atoms with van der Waals surface area (Å²) in [4.78, 5) is 27.4. The Hall–Kier alpha value is -1.75. The van der Waals surface area contributed by atoms with Crippen LogP contribution in [-0.2, 0) is 9.59 Å². The number of rotatable bonds is 3. The summed E-state index contributed by atoms with van der Waals surface area (Å²) in [6.07, 6.45) is 0.251. The van der Waals surface area contributed by atoms with E-state index >= 15 is 0 Å². The van der Waals surface area contributed by atoms with Gasteiger partial charge in [-0.3, -0.25) is 9.59 Å². The van der Waals surface area contributed by atoms with E-state index in [-0.39, 0.29) is 18.2 Å². The van der Waals surface area contributed by atoms with Crippen LogP contribution in [0.25, 0.3) is 0 Å². The molecule has 1 aliphatic heterocycles. The number of anilines is 1. The lowest BCUT2D eigenvalue weighted by molar-refractivity contribution is -0.133. The summed E-state index contributed by atoms with van der Waals surface area (Å²) in [5.41, 5.74) is -0.347. The van der Waals surface area contributed by atoms with E-state index < -0.39 is 5.60 Å². The number of hydrogen-bond acceptors (Lipinski definition) is 3. The maximum absolute atomic E-state index is 12.5. The van der Waals surface area contributed by atoms with Crippen LogP contribution in [0.3, 0.4) is 0 Å². The van der Waals surface area contributed by atoms with Gasteiger partial charge in [0.2, 0.25) is 5.91 Å². The lowest BCUT2D eigenvalue weighted by Gasteiger charge is -2.38. The maximum Gasteiger partial charge on any atom is 0.270 e. The van der Waals surface area contributed by atoms with E-state index in [9.17, 15) is 9.59 Å². The average molecular weight is 311 g/mol. The second-order valence-corrected chi connectivity index (χ2v) is 6.16. The van der Waals surface area contributed by atoms with Gasteiger partial charge in [-0.2, -0.15) is 0 Å². The molecule has 0 aromatic heterocycles. The van der Waals surface area contributed by atoms with Crippen LogP contribution in [0.4, 0.5) is 5.69 Å². The Balaban J connectivity index is 2.32. The lowest BCUT2D eigenvalue weighted by Crippen LogP contribution is -2.53. The van der Waals surface area contributed by atoms with E-state index in [2.05, 4.69) is 0 Å². The minimum absolute atomic E-state index is 0.0318. The van der Waals surface area contributed by atoms with Crippen molar-refractivity contribution in [3.05, 3.63) is 23.2 Å². The van der Waals surface area contributed by atoms with Crippen LogP contribution in [0.1, 0.15) is 20.3 Å². The highest BCUT2D eigenvalue weighted by molar-refractivity contribution is 6.31. The monoisotopic (exact) mass is 310 g/mol. The molecule has 1 aromatic rings. The summed E-state index contributed by atoms with van der Waals surface area (Å²) in [5.74, 6) is 0.390. The number of carbonyl (C=O) groups excluding carboxylic acids is 2. The van der Waals surface area contributed by atoms with Crippen molar-refractivity contribution in [2.75, 3.05) is 25.5 Å². The van der Waals surface area contributed by atoms with Crippen LogP contribution >= 0.6 is 11.6 Å². The molecule has 0 fully saturated rings. The van der Waals surface area contributed by atoms with E-state index in [0.717, 1.165) is 0 Å². The van der Waals surface area contributed by atoms with E-state index in [1.807, 2.05) is 0 Å². The molecule has 1 heterocycles. The topological polar surface area (TPSA) is 49.9 Å². The molecule has 21 heavy (non-hydrogen) atoms. The zero-order chi connectivity index (χ0) is 15.8. The number of halogens is 1. The van der Waals surface area contributed by atoms with Gasteiger partial charge in [0.1, 0.15) is 5.75 Å². The van der Waals surface area contributed by atoms with Crippen molar-refractivity contribution in [1.82, 2.24) is 4.90 Å². The van der Waals surface area contributed by atoms with E-state index in [1.54, 1.807) is 51.0 Å². The maximum atomic E-state index is 12.5. The van der Waals surface area contributed by atoms with E-state index in [1.165, 1.54) is 4.90 Å². The summed E-state index contributed by atoms with van der Waals surface area (Å²) in [6.45, 7) is 3.73. The van der Waals surface area contributed by atoms with Crippen molar-refractivity contribution in [1.29, 1.82) is 0 Å². The van der Waals surface area contributed by atoms with Crippen LogP contribution < -0.4 is 9.64 Å². The highest BCUT2D eigenvalue weighted by Gasteiger charge is 2.40. The standard InChI is InChI=1S/C15H19ClN2O3/c1-15(2)14(20)18(8-7-13(19)17(3)4)11-9-10(16)5-6-12(11)21-15/h5-6,9H,7-8H2,1-4H3. The molecule has 0 spiro atoms. The fraction of sp³-hybridized carbons (Fsp3) is 0.467. The van der Waals surface area contributed by atoms with Crippen molar-refractivity contribution in [3.63, 3.8) is 0 Å². The Morgan fingerprint density at radius 2 is 2.05 bits per heavy atom. The molecule has 0 saturated heterocycles. The Morgan fingerprint density at radius 3 is 2.67 bits per heavy atom. The van der Waals surface area contributed by atoms with E-state index in [0.29, 0.717) is 23.0 Å². The Morgan fingerprint density at radius 1 is 1.38 bits per heavy atom. The van der Waals surface area contributed by atoms with Gasteiger partial charge in [0.25, 0.3) is 5.91 Å². The fourth-order valence-corrected chi connectivity index (χ4v) is 2.36. The van der Waals surface area contributed by atoms with Gasteiger partial charge >= 0.3 is 0 Å². The summed E-state index contributed by atoms with van der Waals surface area (Å²) < 4.78 is 5.73. The van der Waals surface area contributed by atoms with Gasteiger partial charge in [0.15, 0.2) is 5.60 Å². The Kier molecular flexibility index (Phi) is 4.14. The summed E-state index contributed by atoms with van der Waals surface area (Å²) in [5, 5.41) is 0.522. The largest absolute Gasteiger partial charge is 0.476 e. The molecule has 0 N–H and O–H groups in total. The molecule has 114 valence electrons. The number of hydrogen-bond donors (Lipinski definition) is 0. The third-order valence-electron chi connectivity index (χ3n) is 3.39. The van der Waals surface area contributed by atoms with Crippen LogP contribution in [-0.4, -0.2) is 43.0 Å². The first kappa shape index (κ1) is 15.6. The van der Waals surface area contributed by atoms with Gasteiger partial charge < -0.3 is 14.5 Å². The molecule has 0 saturated carbocycles. The van der Waals surface area contributed by atoms with Crippen molar-refractivity contribution in [2.24, 2.45) is 0 Å². The van der Waals surface area contributed by atoms with E-state index in [4.69, 9.17) is 16.3 Å². The van der Waals surface area contributed by atoms with Gasteiger partial charge in [-0.15, -0.1) is 0 Å². The number of ether oxygens (including phenoxy) is 1. The lowest BCUT2D eigenvalue weighted by atomic mass is 10.0. The van der Waals surface area contributed by atoms with Crippen LogP contribution in [0.15, 0.2) is 18.2 Å². The Labute approximate surface area is 129 Å². The second kappa shape index (κ2) is 5.56. The van der Waals surface area contributed by atoms with Crippen molar-refractivity contribution in [2.45, 2.75) is 25.9 Å². The minimum Gasteiger partial charge on any atom is -0.476 e. The van der Waals surface area contributed by atoms with Crippen molar-refractivity contribution in [3.8, 4) is 5.75 Å². The van der Waals surface area contributed by atoms with Gasteiger partial charge in [-0.05, 0) is 32.0 Å². The molecule has 0 bridgehead atoms. The van der Waals surface area contributed by atoms with Gasteiger partial charge in [-0.1, -0.05) is 11.6 Å². The van der Waals surface area contributed by atoms with Gasteiger partial charge in [0, 0.05) is 32.1 Å². The second-order valence-electron chi connectivity index (χ2n) is 5.72. The highest BCUT2D eigenvalue weighted by atomic mass is 35.5. The minimum atomic E-state index is -0.956. The third-order valence-corrected chi connectivity index (χ3v) is 3.62. The number of carbonyl (C=O) groups is 2.